The third-order valence-corrected chi connectivity index (χ3v) is 18.6. The molecule has 14 nitrogen and oxygen atoms in total. The molecule has 6 N–H and O–H groups in total. The van der Waals surface area contributed by atoms with E-state index in [1.54, 1.807) is 23.5 Å². The van der Waals surface area contributed by atoms with E-state index in [0.29, 0.717) is 48.5 Å². The molecular weight excluding hydrogens is 961 g/mol. The van der Waals surface area contributed by atoms with Crippen molar-refractivity contribution in [3.05, 3.63) is 70.8 Å². The number of amides is 4. The van der Waals surface area contributed by atoms with Gasteiger partial charge in [0.25, 0.3) is 0 Å². The second-order valence-electron chi connectivity index (χ2n) is 20.9. The lowest BCUT2D eigenvalue weighted by atomic mass is 9.83. The minimum Gasteiger partial charge on any atom is -0.367 e. The van der Waals surface area contributed by atoms with Gasteiger partial charge < -0.3 is 51.2 Å². The highest BCUT2D eigenvalue weighted by Crippen LogP contribution is 2.48. The molecule has 4 heterocycles. The summed E-state index contributed by atoms with van der Waals surface area (Å²) >= 11 is 14.7. The third kappa shape index (κ3) is 10.9. The molecule has 70 heavy (non-hydrogen) atoms. The quantitative estimate of drug-likeness (QED) is 0.115. The number of thiocarbonyl (C=S) groups is 2. The van der Waals surface area contributed by atoms with E-state index in [-0.39, 0.29) is 71.9 Å². The van der Waals surface area contributed by atoms with Gasteiger partial charge in [0.2, 0.25) is 23.6 Å². The second-order valence-corrected chi connectivity index (χ2v) is 24.3. The Bertz CT molecular complexity index is 2230. The minimum atomic E-state index is -0.681. The van der Waals surface area contributed by atoms with Crippen LogP contribution in [0, 0.1) is 22.7 Å². The number of hydrogen-bond acceptors (Lipinski definition) is 12. The number of ether oxygens (including phenoxy) is 2. The van der Waals surface area contributed by atoms with E-state index in [4.69, 9.17) is 33.9 Å². The first-order chi connectivity index (χ1) is 33.4. The summed E-state index contributed by atoms with van der Waals surface area (Å²) in [7, 11) is 3.67. The topological polar surface area (TPSA) is 165 Å². The zero-order valence-corrected chi connectivity index (χ0v) is 44.9. The van der Waals surface area contributed by atoms with Crippen LogP contribution >= 0.6 is 48.0 Å². The first-order valence-electron chi connectivity index (χ1n) is 24.7. The van der Waals surface area contributed by atoms with Gasteiger partial charge in [-0.3, -0.25) is 19.2 Å². The van der Waals surface area contributed by atoms with Crippen LogP contribution in [-0.2, 0) is 41.5 Å². The van der Waals surface area contributed by atoms with Gasteiger partial charge >= 0.3 is 0 Å². The molecule has 4 fully saturated rings. The molecule has 2 aromatic rings. The van der Waals surface area contributed by atoms with Crippen molar-refractivity contribution in [3.8, 4) is 11.8 Å². The Hall–Kier alpha value is -3.80. The molecule has 12 atom stereocenters. The third-order valence-electron chi connectivity index (χ3n) is 15.2. The van der Waals surface area contributed by atoms with Crippen LogP contribution in [0.3, 0.4) is 0 Å². The average molecular weight is 1030 g/mol. The summed E-state index contributed by atoms with van der Waals surface area (Å²) in [5.41, 5.74) is 3.25. The number of carbonyl (C=O) groups excluding carboxylic acids is 4. The van der Waals surface area contributed by atoms with Gasteiger partial charge in [-0.2, -0.15) is 0 Å². The molecule has 6 aliphatic rings. The van der Waals surface area contributed by atoms with E-state index in [1.165, 1.54) is 0 Å². The monoisotopic (exact) mass is 1030 g/mol. The van der Waals surface area contributed by atoms with Gasteiger partial charge in [0.15, 0.2) is 0 Å². The molecule has 378 valence electrons. The molecule has 2 aromatic carbocycles. The van der Waals surface area contributed by atoms with Crippen molar-refractivity contribution >= 4 is 81.6 Å². The van der Waals surface area contributed by atoms with Gasteiger partial charge in [0, 0.05) is 12.8 Å². The normalized spacial score (nSPS) is 30.3. The number of fused-ring (bicyclic) bond motifs is 4. The van der Waals surface area contributed by atoms with E-state index >= 15 is 0 Å². The smallest absolute Gasteiger partial charge is 0.246 e. The first-order valence-corrected chi connectivity index (χ1v) is 27.6. The fourth-order valence-electron chi connectivity index (χ4n) is 11.2. The Morgan fingerprint density at radius 3 is 1.44 bits per heavy atom. The number of rotatable bonds is 14. The summed E-state index contributed by atoms with van der Waals surface area (Å²) in [6.07, 6.45) is 3.10. The van der Waals surface area contributed by atoms with E-state index in [0.717, 1.165) is 33.8 Å². The number of benzene rings is 2. The number of thioether (sulfide) groups is 2. The SMILES string of the molecule is CN[C@@H](C)C(=S)N[C@H]1CCS[C@H]2CC(C)(C)[C@@H](C(=O)N[C@H]3c4ccccc4C[C@H]3OCC#CCO[C@@H]3Cc4ccccc4[C@@H]3NC(=O)[C@H]3N4C(=O)[C@@H](NC(=S)[C@H](C)NC)CCS[C@H]4CC3(C)C)N2C1=O. The summed E-state index contributed by atoms with van der Waals surface area (Å²) in [5, 5.41) is 19.4. The maximum absolute atomic E-state index is 14.6. The average Bonchev–Trinajstić information content (AvgIpc) is 3.97. The summed E-state index contributed by atoms with van der Waals surface area (Å²) in [5.74, 6) is 7.27. The van der Waals surface area contributed by atoms with Crippen molar-refractivity contribution in [2.45, 2.75) is 151 Å². The van der Waals surface area contributed by atoms with E-state index < -0.39 is 47.1 Å². The number of carbonyl (C=O) groups is 4. The lowest BCUT2D eigenvalue weighted by Gasteiger charge is -2.35. The molecule has 2 aliphatic carbocycles. The minimum absolute atomic E-state index is 0.0929. The number of nitrogens with one attached hydrogen (secondary N) is 6. The van der Waals surface area contributed by atoms with Gasteiger partial charge in [-0.25, -0.2) is 0 Å². The summed E-state index contributed by atoms with van der Waals surface area (Å²) in [6, 6.07) is 12.7. The summed E-state index contributed by atoms with van der Waals surface area (Å²) < 4.78 is 12.9. The predicted molar refractivity (Wildman–Crippen MR) is 285 cm³/mol. The maximum atomic E-state index is 14.6. The number of likely N-dealkylation sites (N-methyl/N-ethyl adjacent to an activating group) is 2. The predicted octanol–water partition coefficient (Wildman–Crippen LogP) is 4.55. The van der Waals surface area contributed by atoms with Crippen LogP contribution in [0.25, 0.3) is 0 Å². The molecule has 0 saturated carbocycles. The maximum Gasteiger partial charge on any atom is 0.246 e. The molecule has 8 rings (SSSR count). The number of nitrogens with zero attached hydrogens (tertiary/aromatic N) is 2. The van der Waals surface area contributed by atoms with Gasteiger partial charge in [-0.15, -0.1) is 23.5 Å². The lowest BCUT2D eigenvalue weighted by molar-refractivity contribution is -0.143. The molecule has 4 amide bonds. The van der Waals surface area contributed by atoms with Crippen LogP contribution in [0.5, 0.6) is 0 Å². The molecule has 0 spiro atoms. The van der Waals surface area contributed by atoms with Crippen molar-refractivity contribution in [1.29, 1.82) is 0 Å². The van der Waals surface area contributed by atoms with Crippen molar-refractivity contribution in [2.75, 3.05) is 38.8 Å². The molecule has 18 heteroatoms. The van der Waals surface area contributed by atoms with E-state index in [9.17, 15) is 19.2 Å². The van der Waals surface area contributed by atoms with E-state index in [1.807, 2.05) is 74.1 Å². The Labute approximate surface area is 433 Å². The Balaban J connectivity index is 0.911. The van der Waals surface area contributed by atoms with E-state index in [2.05, 4.69) is 83.6 Å². The summed E-state index contributed by atoms with van der Waals surface area (Å²) in [4.78, 5) is 62.7. The zero-order chi connectivity index (χ0) is 50.1. The highest BCUT2D eigenvalue weighted by atomic mass is 32.2. The van der Waals surface area contributed by atoms with Crippen LogP contribution < -0.4 is 31.9 Å². The molecule has 0 aromatic heterocycles. The van der Waals surface area contributed by atoms with Crippen molar-refractivity contribution in [2.24, 2.45) is 10.8 Å². The van der Waals surface area contributed by atoms with Crippen molar-refractivity contribution < 1.29 is 28.7 Å². The van der Waals surface area contributed by atoms with Gasteiger partial charge in [-0.1, -0.05) is 113 Å². The number of hydrogen-bond donors (Lipinski definition) is 6. The largest absolute Gasteiger partial charge is 0.367 e. The molecule has 0 unspecified atom stereocenters. The lowest BCUT2D eigenvalue weighted by Crippen LogP contribution is -2.58. The van der Waals surface area contributed by atoms with Crippen LogP contribution in [0.1, 0.15) is 102 Å². The molecule has 0 bridgehead atoms. The Morgan fingerprint density at radius 2 is 1.06 bits per heavy atom. The van der Waals surface area contributed by atoms with Crippen LogP contribution in [-0.4, -0.2) is 141 Å². The Morgan fingerprint density at radius 1 is 0.671 bits per heavy atom. The zero-order valence-electron chi connectivity index (χ0n) is 41.6. The fourth-order valence-corrected chi connectivity index (χ4v) is 14.9. The highest BCUT2D eigenvalue weighted by Gasteiger charge is 2.57. The highest BCUT2D eigenvalue weighted by molar-refractivity contribution is 8.00. The van der Waals surface area contributed by atoms with Gasteiger partial charge in [-0.05, 0) is 98.2 Å². The van der Waals surface area contributed by atoms with Crippen LogP contribution in [0.2, 0.25) is 0 Å². The molecular formula is C52H70N8O6S4. The molecule has 0 radical (unpaired) electrons. The first kappa shape index (κ1) is 52.5. The van der Waals surface area contributed by atoms with Gasteiger partial charge in [0.1, 0.15) is 37.4 Å². The molecule has 4 aliphatic heterocycles. The van der Waals surface area contributed by atoms with Gasteiger partial charge in [0.05, 0.1) is 57.1 Å². The standard InChI is InChI=1S/C52H70N8O6S4/c1-29(53-7)47(67)55-35-19-23-69-39-27-51(3,4)43(59(39)49(35)63)45(61)57-41-33-17-11-9-15-31(33)25-37(41)65-21-13-14-22-66-38-26-32-16-10-12-18-34(32)42(38)58-46(62)44-52(5,6)28-40-60(44)50(64)36(20-24-70-40)56-48(68)30(2)54-8/h9-12,15-18,29-30,35-44,53-54H,19-28H2,1-8H3,(H,55,67)(H,56,68)(H,57,61)(H,58,62)/t29-,30-,35-,36-,37+,38+,39-,40-,41-,42-,43+,44+/m0/s1. The van der Waals surface area contributed by atoms with Crippen LogP contribution in [0.15, 0.2) is 48.5 Å². The molecule has 4 saturated heterocycles. The van der Waals surface area contributed by atoms with Crippen LogP contribution in [0.4, 0.5) is 0 Å². The Kier molecular flexibility index (Phi) is 16.6. The van der Waals surface area contributed by atoms with Crippen molar-refractivity contribution in [1.82, 2.24) is 41.7 Å². The van der Waals surface area contributed by atoms with Crippen molar-refractivity contribution in [3.63, 3.8) is 0 Å². The summed E-state index contributed by atoms with van der Waals surface area (Å²) in [6.45, 7) is 12.4. The second kappa shape index (κ2) is 22.1. The fraction of sp³-hybridized carbons (Fsp3) is 0.615.